The Labute approximate surface area is 254 Å². The van der Waals surface area contributed by atoms with Gasteiger partial charge < -0.3 is 9.47 Å². The third-order valence-corrected chi connectivity index (χ3v) is 12.2. The second kappa shape index (κ2) is 12.3. The number of hydrogen-bond acceptors (Lipinski definition) is 4. The van der Waals surface area contributed by atoms with Crippen LogP contribution in [0, 0.1) is 46.3 Å². The largest absolute Gasteiger partial charge is 0.458 e. The van der Waals surface area contributed by atoms with Crippen molar-refractivity contribution in [3.8, 4) is 5.75 Å². The van der Waals surface area contributed by atoms with E-state index in [4.69, 9.17) is 9.47 Å². The van der Waals surface area contributed by atoms with E-state index in [0.717, 1.165) is 54.8 Å². The summed E-state index contributed by atoms with van der Waals surface area (Å²) in [5.74, 6) is 4.59. The van der Waals surface area contributed by atoms with Crippen molar-refractivity contribution in [3.63, 3.8) is 0 Å². The van der Waals surface area contributed by atoms with Gasteiger partial charge in [-0.1, -0.05) is 72.1 Å². The van der Waals surface area contributed by atoms with Gasteiger partial charge in [0.25, 0.3) is 0 Å². The van der Waals surface area contributed by atoms with Crippen molar-refractivity contribution in [1.29, 1.82) is 0 Å². The van der Waals surface area contributed by atoms with E-state index in [2.05, 4.69) is 47.3 Å². The van der Waals surface area contributed by atoms with Gasteiger partial charge in [-0.15, -0.1) is 0 Å². The fraction of sp³-hybridized carbons (Fsp3) is 0.684. The van der Waals surface area contributed by atoms with Crippen LogP contribution < -0.4 is 4.74 Å². The fourth-order valence-electron chi connectivity index (χ4n) is 9.83. The third-order valence-electron chi connectivity index (χ3n) is 12.2. The lowest BCUT2D eigenvalue weighted by molar-refractivity contribution is -0.130. The molecule has 0 N–H and O–H groups in total. The second-order valence-corrected chi connectivity index (χ2v) is 15.3. The Kier molecular flexibility index (Phi) is 9.12. The lowest BCUT2D eigenvalue weighted by Crippen LogP contribution is -2.51. The molecule has 4 aliphatic carbocycles. The smallest absolute Gasteiger partial charge is 0.338 e. The van der Waals surface area contributed by atoms with Crippen LogP contribution >= 0.6 is 0 Å². The maximum Gasteiger partial charge on any atom is 0.338 e. The molecule has 1 aromatic rings. The molecule has 4 aliphatic rings. The van der Waals surface area contributed by atoms with Gasteiger partial charge in [-0.25, -0.2) is 9.59 Å². The topological polar surface area (TPSA) is 52.6 Å². The SMILES string of the molecule is C=C(C)C(=O)Oc1ccc(C(=O)O[C@H]2CC[C@@]3(C)C(=CC[C@H]4[C@@H]5CC[C@H]([C@H](C)CCCC(C)C)[C@@]5(C)CC[C@@H]43)C2)cc1. The van der Waals surface area contributed by atoms with Crippen LogP contribution in [0.2, 0.25) is 0 Å². The van der Waals surface area contributed by atoms with Gasteiger partial charge in [-0.3, -0.25) is 0 Å². The first kappa shape index (κ1) is 31.1. The van der Waals surface area contributed by atoms with Crippen molar-refractivity contribution in [2.24, 2.45) is 46.3 Å². The van der Waals surface area contributed by atoms with Crippen LogP contribution in [0.5, 0.6) is 5.75 Å². The molecule has 0 radical (unpaired) electrons. The quantitative estimate of drug-likeness (QED) is 0.127. The van der Waals surface area contributed by atoms with Crippen molar-refractivity contribution in [3.05, 3.63) is 53.6 Å². The number of esters is 2. The Morgan fingerprint density at radius 2 is 1.71 bits per heavy atom. The second-order valence-electron chi connectivity index (χ2n) is 15.3. The standard InChI is InChI=1S/C38H54O4/c1-24(2)9-8-10-26(5)32-17-18-33-31-16-13-28-23-30(19-21-37(28,6)34(31)20-22-38(32,33)7)42-36(40)27-11-14-29(15-12-27)41-35(39)25(3)4/h11-15,24,26,30-34H,3,8-10,16-23H2,1-2,4-7H3/t26-,30+,31+,32-,33+,34+,37+,38-/m1/s1. The van der Waals surface area contributed by atoms with E-state index >= 15 is 0 Å². The minimum Gasteiger partial charge on any atom is -0.458 e. The number of carbonyl (C=O) groups excluding carboxylic acids is 2. The zero-order valence-corrected chi connectivity index (χ0v) is 27.0. The number of allylic oxidation sites excluding steroid dienone is 1. The minimum atomic E-state index is -0.472. The predicted octanol–water partition coefficient (Wildman–Crippen LogP) is 9.73. The average molecular weight is 575 g/mol. The van der Waals surface area contributed by atoms with Gasteiger partial charge in [0.2, 0.25) is 0 Å². The van der Waals surface area contributed by atoms with Gasteiger partial charge in [0.15, 0.2) is 0 Å². The molecule has 0 bridgehead atoms. The molecule has 4 nitrogen and oxygen atoms in total. The monoisotopic (exact) mass is 574 g/mol. The van der Waals surface area contributed by atoms with Crippen LogP contribution in [0.4, 0.5) is 0 Å². The summed E-state index contributed by atoms with van der Waals surface area (Å²) >= 11 is 0. The van der Waals surface area contributed by atoms with Gasteiger partial charge in [0.1, 0.15) is 11.9 Å². The summed E-state index contributed by atoms with van der Waals surface area (Å²) in [6, 6.07) is 6.60. The minimum absolute atomic E-state index is 0.0781. The Balaban J connectivity index is 1.20. The molecule has 42 heavy (non-hydrogen) atoms. The van der Waals surface area contributed by atoms with Crippen molar-refractivity contribution in [2.75, 3.05) is 0 Å². The molecule has 0 heterocycles. The Morgan fingerprint density at radius 1 is 0.976 bits per heavy atom. The molecule has 0 amide bonds. The summed E-state index contributed by atoms with van der Waals surface area (Å²) in [4.78, 5) is 24.8. The van der Waals surface area contributed by atoms with Crippen LogP contribution in [0.3, 0.4) is 0 Å². The molecule has 1 aromatic carbocycles. The molecule has 3 saturated carbocycles. The van der Waals surface area contributed by atoms with E-state index in [9.17, 15) is 9.59 Å². The normalized spacial score (nSPS) is 34.5. The highest BCUT2D eigenvalue weighted by Gasteiger charge is 2.59. The summed E-state index contributed by atoms with van der Waals surface area (Å²) in [5, 5.41) is 0. The van der Waals surface area contributed by atoms with Gasteiger partial charge >= 0.3 is 11.9 Å². The number of fused-ring (bicyclic) bond motifs is 5. The van der Waals surface area contributed by atoms with E-state index in [0.29, 0.717) is 22.3 Å². The molecule has 8 atom stereocenters. The Hall–Kier alpha value is -2.36. The van der Waals surface area contributed by atoms with E-state index in [1.54, 1.807) is 31.2 Å². The van der Waals surface area contributed by atoms with Gasteiger partial charge in [0.05, 0.1) is 5.56 Å². The number of benzene rings is 1. The van der Waals surface area contributed by atoms with Crippen LogP contribution in [0.1, 0.15) is 123 Å². The zero-order chi connectivity index (χ0) is 30.2. The Morgan fingerprint density at radius 3 is 2.40 bits per heavy atom. The fourth-order valence-corrected chi connectivity index (χ4v) is 9.83. The maximum absolute atomic E-state index is 13.0. The van der Waals surface area contributed by atoms with Crippen LogP contribution in [0.25, 0.3) is 0 Å². The number of ether oxygens (including phenoxy) is 2. The molecular weight excluding hydrogens is 520 g/mol. The molecule has 5 rings (SSSR count). The first-order valence-corrected chi connectivity index (χ1v) is 16.8. The van der Waals surface area contributed by atoms with E-state index in [1.807, 2.05) is 0 Å². The molecule has 0 aliphatic heterocycles. The van der Waals surface area contributed by atoms with E-state index in [-0.39, 0.29) is 17.5 Å². The molecule has 230 valence electrons. The highest BCUT2D eigenvalue weighted by Crippen LogP contribution is 2.67. The molecule has 0 unspecified atom stereocenters. The number of rotatable bonds is 9. The van der Waals surface area contributed by atoms with Crippen molar-refractivity contribution >= 4 is 11.9 Å². The molecule has 3 fully saturated rings. The van der Waals surface area contributed by atoms with Crippen LogP contribution in [-0.4, -0.2) is 18.0 Å². The van der Waals surface area contributed by atoms with Crippen LogP contribution in [-0.2, 0) is 9.53 Å². The summed E-state index contributed by atoms with van der Waals surface area (Å²) in [5.41, 5.74) is 3.10. The van der Waals surface area contributed by atoms with E-state index in [1.165, 1.54) is 56.9 Å². The average Bonchev–Trinajstić information content (AvgIpc) is 3.30. The molecule has 0 spiro atoms. The molecule has 4 heteroatoms. The van der Waals surface area contributed by atoms with Gasteiger partial charge in [-0.2, -0.15) is 0 Å². The molecule has 0 aromatic heterocycles. The summed E-state index contributed by atoms with van der Waals surface area (Å²) in [6.07, 6.45) is 16.3. The maximum atomic E-state index is 13.0. The van der Waals surface area contributed by atoms with Crippen molar-refractivity contribution in [1.82, 2.24) is 0 Å². The molecule has 0 saturated heterocycles. The Bertz CT molecular complexity index is 1190. The van der Waals surface area contributed by atoms with Gasteiger partial charge in [-0.05, 0) is 122 Å². The molecular formula is C38H54O4. The zero-order valence-electron chi connectivity index (χ0n) is 27.0. The predicted molar refractivity (Wildman–Crippen MR) is 169 cm³/mol. The third kappa shape index (κ3) is 6.02. The van der Waals surface area contributed by atoms with Crippen molar-refractivity contribution in [2.45, 2.75) is 118 Å². The lowest BCUT2D eigenvalue weighted by atomic mass is 9.47. The lowest BCUT2D eigenvalue weighted by Gasteiger charge is -2.58. The summed E-state index contributed by atoms with van der Waals surface area (Å²) in [6.45, 7) is 17.7. The highest BCUT2D eigenvalue weighted by molar-refractivity contribution is 5.90. The summed E-state index contributed by atoms with van der Waals surface area (Å²) in [7, 11) is 0. The number of carbonyl (C=O) groups is 2. The first-order valence-electron chi connectivity index (χ1n) is 16.8. The number of hydrogen-bond donors (Lipinski definition) is 0. The van der Waals surface area contributed by atoms with E-state index < -0.39 is 5.97 Å². The van der Waals surface area contributed by atoms with Crippen LogP contribution in [0.15, 0.2) is 48.1 Å². The van der Waals surface area contributed by atoms with Gasteiger partial charge in [0, 0.05) is 12.0 Å². The highest BCUT2D eigenvalue weighted by atomic mass is 16.5. The summed E-state index contributed by atoms with van der Waals surface area (Å²) < 4.78 is 11.3. The van der Waals surface area contributed by atoms with Crippen molar-refractivity contribution < 1.29 is 19.1 Å². The first-order chi connectivity index (χ1) is 19.9.